The first-order valence-electron chi connectivity index (χ1n) is 11.2. The topological polar surface area (TPSA) is 61.4 Å². The van der Waals surface area contributed by atoms with E-state index in [1.54, 1.807) is 0 Å². The van der Waals surface area contributed by atoms with Crippen LogP contribution >= 0.6 is 0 Å². The molecule has 5 heteroatoms. The van der Waals surface area contributed by atoms with Crippen LogP contribution in [0.3, 0.4) is 0 Å². The summed E-state index contributed by atoms with van der Waals surface area (Å²) in [4.78, 5) is 27.7. The van der Waals surface area contributed by atoms with Crippen molar-refractivity contribution in [2.24, 2.45) is 0 Å². The van der Waals surface area contributed by atoms with E-state index in [-0.39, 0.29) is 24.3 Å². The van der Waals surface area contributed by atoms with Crippen LogP contribution in [-0.4, -0.2) is 54.4 Å². The predicted molar refractivity (Wildman–Crippen MR) is 116 cm³/mol. The first kappa shape index (κ1) is 24.7. The minimum Gasteiger partial charge on any atom is -0.352 e. The number of terminal acetylenes is 1. The standard InChI is InChI=1S/C23H41N3O2/c1-5-15-23(4,21(27)18-24-16-6-2)26(17-7-3)19-22(28)25-20-13-11-9-8-10-12-14-20/h3,20,24H,5-6,8-19H2,1-2,4H3,(H,25,28). The van der Waals surface area contributed by atoms with Crippen molar-refractivity contribution in [3.8, 4) is 12.3 Å². The van der Waals surface area contributed by atoms with Crippen LogP contribution in [0.25, 0.3) is 0 Å². The molecule has 160 valence electrons. The molecule has 28 heavy (non-hydrogen) atoms. The van der Waals surface area contributed by atoms with Crippen LogP contribution in [0.15, 0.2) is 0 Å². The van der Waals surface area contributed by atoms with E-state index in [1.165, 1.54) is 32.1 Å². The monoisotopic (exact) mass is 391 g/mol. The zero-order valence-corrected chi connectivity index (χ0v) is 18.3. The van der Waals surface area contributed by atoms with Gasteiger partial charge in [-0.05, 0) is 39.2 Å². The van der Waals surface area contributed by atoms with E-state index >= 15 is 0 Å². The van der Waals surface area contributed by atoms with Crippen molar-refractivity contribution in [1.29, 1.82) is 0 Å². The molecule has 0 saturated heterocycles. The molecule has 0 spiro atoms. The van der Waals surface area contributed by atoms with E-state index in [2.05, 4.69) is 30.4 Å². The summed E-state index contributed by atoms with van der Waals surface area (Å²) in [5, 5.41) is 6.40. The maximum absolute atomic E-state index is 13.0. The molecule has 0 aromatic heterocycles. The van der Waals surface area contributed by atoms with Gasteiger partial charge in [-0.2, -0.15) is 0 Å². The lowest BCUT2D eigenvalue weighted by molar-refractivity contribution is -0.133. The lowest BCUT2D eigenvalue weighted by Crippen LogP contribution is -2.58. The molecule has 1 fully saturated rings. The van der Waals surface area contributed by atoms with E-state index in [9.17, 15) is 9.59 Å². The first-order valence-corrected chi connectivity index (χ1v) is 11.2. The lowest BCUT2D eigenvalue weighted by atomic mass is 9.88. The number of carbonyl (C=O) groups excluding carboxylic acids is 2. The van der Waals surface area contributed by atoms with Gasteiger partial charge in [0.15, 0.2) is 5.78 Å². The van der Waals surface area contributed by atoms with Crippen molar-refractivity contribution in [3.63, 3.8) is 0 Å². The maximum atomic E-state index is 13.0. The molecule has 1 saturated carbocycles. The number of nitrogens with zero attached hydrogens (tertiary/aromatic N) is 1. The number of rotatable bonds is 12. The van der Waals surface area contributed by atoms with E-state index in [0.29, 0.717) is 19.5 Å². The Morgan fingerprint density at radius 2 is 1.75 bits per heavy atom. The minimum absolute atomic E-state index is 0.0162. The third-order valence-electron chi connectivity index (χ3n) is 5.83. The molecule has 0 radical (unpaired) electrons. The molecule has 0 aliphatic heterocycles. The van der Waals surface area contributed by atoms with E-state index in [1.807, 2.05) is 11.8 Å². The summed E-state index contributed by atoms with van der Waals surface area (Å²) in [6, 6.07) is 0.250. The molecule has 1 unspecified atom stereocenters. The molecule has 1 atom stereocenters. The highest BCUT2D eigenvalue weighted by Gasteiger charge is 2.38. The number of nitrogens with one attached hydrogen (secondary N) is 2. The van der Waals surface area contributed by atoms with E-state index in [4.69, 9.17) is 6.42 Å². The molecule has 1 aliphatic carbocycles. The van der Waals surface area contributed by atoms with Crippen molar-refractivity contribution >= 4 is 11.7 Å². The highest BCUT2D eigenvalue weighted by molar-refractivity contribution is 5.90. The quantitative estimate of drug-likeness (QED) is 0.396. The summed E-state index contributed by atoms with van der Waals surface area (Å²) in [6.07, 6.45) is 16.4. The summed E-state index contributed by atoms with van der Waals surface area (Å²) < 4.78 is 0. The normalized spacial score (nSPS) is 18.0. The molecular weight excluding hydrogens is 350 g/mol. The van der Waals surface area contributed by atoms with Crippen molar-refractivity contribution in [3.05, 3.63) is 0 Å². The zero-order valence-electron chi connectivity index (χ0n) is 18.3. The van der Waals surface area contributed by atoms with Gasteiger partial charge in [-0.15, -0.1) is 6.42 Å². The minimum atomic E-state index is -0.722. The van der Waals surface area contributed by atoms with Crippen LogP contribution in [0.1, 0.15) is 85.0 Å². The SMILES string of the molecule is C#CCN(CC(=O)NC1CCCCCCC1)C(C)(CCC)C(=O)CNCCC. The van der Waals surface area contributed by atoms with Gasteiger partial charge in [-0.1, -0.05) is 58.3 Å². The van der Waals surface area contributed by atoms with Crippen molar-refractivity contribution in [1.82, 2.24) is 15.5 Å². The van der Waals surface area contributed by atoms with Crippen LogP contribution in [0.5, 0.6) is 0 Å². The number of hydrogen-bond donors (Lipinski definition) is 2. The fourth-order valence-corrected chi connectivity index (χ4v) is 4.09. The average Bonchev–Trinajstić information content (AvgIpc) is 2.63. The number of ketones is 1. The van der Waals surface area contributed by atoms with Gasteiger partial charge in [-0.25, -0.2) is 0 Å². The highest BCUT2D eigenvalue weighted by atomic mass is 16.2. The molecule has 1 amide bonds. The number of amides is 1. The molecular formula is C23H41N3O2. The van der Waals surface area contributed by atoms with Gasteiger partial charge in [0.1, 0.15) is 0 Å². The van der Waals surface area contributed by atoms with Gasteiger partial charge in [0.25, 0.3) is 0 Å². The summed E-state index contributed by atoms with van der Waals surface area (Å²) in [5.74, 6) is 2.75. The Balaban J connectivity index is 2.78. The molecule has 2 N–H and O–H groups in total. The maximum Gasteiger partial charge on any atom is 0.234 e. The Morgan fingerprint density at radius 1 is 1.11 bits per heavy atom. The third-order valence-corrected chi connectivity index (χ3v) is 5.83. The van der Waals surface area contributed by atoms with Gasteiger partial charge >= 0.3 is 0 Å². The second-order valence-electron chi connectivity index (χ2n) is 8.29. The van der Waals surface area contributed by atoms with Gasteiger partial charge in [0.05, 0.1) is 25.2 Å². The van der Waals surface area contributed by atoms with Crippen LogP contribution in [0.2, 0.25) is 0 Å². The first-order chi connectivity index (χ1) is 13.5. The summed E-state index contributed by atoms with van der Waals surface area (Å²) in [5.41, 5.74) is -0.722. The molecule has 0 aromatic rings. The van der Waals surface area contributed by atoms with Crippen LogP contribution in [0, 0.1) is 12.3 Å². The lowest BCUT2D eigenvalue weighted by Gasteiger charge is -2.39. The Kier molecular flexibility index (Phi) is 12.1. The number of carbonyl (C=O) groups is 2. The van der Waals surface area contributed by atoms with Crippen molar-refractivity contribution < 1.29 is 9.59 Å². The van der Waals surface area contributed by atoms with Gasteiger partial charge in [0, 0.05) is 6.04 Å². The largest absolute Gasteiger partial charge is 0.352 e. The molecule has 1 aliphatic rings. The second-order valence-corrected chi connectivity index (χ2v) is 8.29. The number of Topliss-reactive ketones (excluding diaryl/α,β-unsaturated/α-hetero) is 1. The molecule has 5 nitrogen and oxygen atoms in total. The Morgan fingerprint density at radius 3 is 2.32 bits per heavy atom. The fourth-order valence-electron chi connectivity index (χ4n) is 4.09. The second kappa shape index (κ2) is 13.7. The fraction of sp³-hybridized carbons (Fsp3) is 0.826. The van der Waals surface area contributed by atoms with E-state index < -0.39 is 5.54 Å². The molecule has 0 aromatic carbocycles. The number of hydrogen-bond acceptors (Lipinski definition) is 4. The van der Waals surface area contributed by atoms with Gasteiger partial charge < -0.3 is 10.6 Å². The highest BCUT2D eigenvalue weighted by Crippen LogP contribution is 2.23. The smallest absolute Gasteiger partial charge is 0.234 e. The summed E-state index contributed by atoms with van der Waals surface area (Å²) >= 11 is 0. The van der Waals surface area contributed by atoms with Crippen LogP contribution in [0.4, 0.5) is 0 Å². The molecule has 0 heterocycles. The van der Waals surface area contributed by atoms with Crippen LogP contribution < -0.4 is 10.6 Å². The summed E-state index contributed by atoms with van der Waals surface area (Å²) in [6.45, 7) is 7.68. The Labute approximate surface area is 172 Å². The Hall–Kier alpha value is -1.38. The van der Waals surface area contributed by atoms with E-state index in [0.717, 1.165) is 32.2 Å². The van der Waals surface area contributed by atoms with Crippen LogP contribution in [-0.2, 0) is 9.59 Å². The predicted octanol–water partition coefficient (Wildman–Crippen LogP) is 3.28. The Bertz CT molecular complexity index is 506. The molecule has 1 rings (SSSR count). The van der Waals surface area contributed by atoms with Gasteiger partial charge in [0.2, 0.25) is 5.91 Å². The zero-order chi connectivity index (χ0) is 20.8. The average molecular weight is 392 g/mol. The van der Waals surface area contributed by atoms with Crippen molar-refractivity contribution in [2.45, 2.75) is 96.6 Å². The molecule has 0 bridgehead atoms. The third kappa shape index (κ3) is 8.32. The van der Waals surface area contributed by atoms with Gasteiger partial charge in [-0.3, -0.25) is 14.5 Å². The summed E-state index contributed by atoms with van der Waals surface area (Å²) in [7, 11) is 0. The van der Waals surface area contributed by atoms with Crippen molar-refractivity contribution in [2.75, 3.05) is 26.2 Å².